The summed E-state index contributed by atoms with van der Waals surface area (Å²) in [4.78, 5) is 11.0. The maximum Gasteiger partial charge on any atom is 0.306 e. The number of carboxylic acids is 1. The minimum atomic E-state index is -0.809. The maximum atomic E-state index is 11.0. The highest BCUT2D eigenvalue weighted by atomic mass is 16.5. The van der Waals surface area contributed by atoms with Crippen molar-refractivity contribution in [1.29, 1.82) is 0 Å². The molecule has 0 saturated carbocycles. The molecule has 0 aliphatic rings. The second kappa shape index (κ2) is 5.76. The minimum Gasteiger partial charge on any atom is -0.493 e. The molecule has 1 aromatic carbocycles. The van der Waals surface area contributed by atoms with Crippen LogP contribution in [0, 0.1) is 19.8 Å². The molecule has 4 nitrogen and oxygen atoms in total. The van der Waals surface area contributed by atoms with Crippen LogP contribution in [0.2, 0.25) is 0 Å². The molecule has 1 N–H and O–H groups in total. The number of ether oxygens (including phenoxy) is 2. The predicted molar refractivity (Wildman–Crippen MR) is 69.5 cm³/mol. The fourth-order valence-corrected chi connectivity index (χ4v) is 2.09. The van der Waals surface area contributed by atoms with Crippen LogP contribution in [0.3, 0.4) is 0 Å². The topological polar surface area (TPSA) is 55.8 Å². The Hall–Kier alpha value is -1.71. The molecule has 0 saturated heterocycles. The molecular formula is C14H20O4. The number of benzene rings is 1. The van der Waals surface area contributed by atoms with Crippen molar-refractivity contribution in [2.75, 3.05) is 14.2 Å². The average Bonchev–Trinajstić information content (AvgIpc) is 2.31. The first-order valence-electron chi connectivity index (χ1n) is 5.86. The van der Waals surface area contributed by atoms with Gasteiger partial charge in [-0.05, 0) is 31.4 Å². The summed E-state index contributed by atoms with van der Waals surface area (Å²) in [5, 5.41) is 9.01. The number of methoxy groups -OCH3 is 2. The van der Waals surface area contributed by atoms with Crippen molar-refractivity contribution >= 4 is 5.97 Å². The first-order valence-corrected chi connectivity index (χ1v) is 5.86. The van der Waals surface area contributed by atoms with E-state index in [4.69, 9.17) is 14.6 Å². The van der Waals surface area contributed by atoms with Crippen LogP contribution in [-0.2, 0) is 11.2 Å². The quantitative estimate of drug-likeness (QED) is 0.875. The third kappa shape index (κ3) is 2.75. The summed E-state index contributed by atoms with van der Waals surface area (Å²) in [5.41, 5.74) is 2.91. The number of rotatable bonds is 5. The van der Waals surface area contributed by atoms with Gasteiger partial charge in [0.25, 0.3) is 0 Å². The third-order valence-corrected chi connectivity index (χ3v) is 3.09. The summed E-state index contributed by atoms with van der Waals surface area (Å²) in [6, 6.07) is 1.99. The third-order valence-electron chi connectivity index (χ3n) is 3.09. The Balaban J connectivity index is 3.29. The number of hydrogen-bond acceptors (Lipinski definition) is 3. The Labute approximate surface area is 108 Å². The lowest BCUT2D eigenvalue weighted by atomic mass is 9.94. The van der Waals surface area contributed by atoms with Gasteiger partial charge in [0.1, 0.15) is 0 Å². The predicted octanol–water partition coefficient (Wildman–Crippen LogP) is 2.58. The van der Waals surface area contributed by atoms with E-state index in [1.807, 2.05) is 19.9 Å². The molecule has 1 aromatic rings. The van der Waals surface area contributed by atoms with Crippen molar-refractivity contribution < 1.29 is 19.4 Å². The van der Waals surface area contributed by atoms with Gasteiger partial charge in [0, 0.05) is 5.56 Å². The van der Waals surface area contributed by atoms with Gasteiger partial charge in [0.15, 0.2) is 11.5 Å². The van der Waals surface area contributed by atoms with Gasteiger partial charge >= 0.3 is 5.97 Å². The largest absolute Gasteiger partial charge is 0.493 e. The van der Waals surface area contributed by atoms with E-state index < -0.39 is 11.9 Å². The van der Waals surface area contributed by atoms with E-state index in [1.54, 1.807) is 21.1 Å². The second-order valence-corrected chi connectivity index (χ2v) is 4.50. The first kappa shape index (κ1) is 14.4. The van der Waals surface area contributed by atoms with E-state index in [0.29, 0.717) is 17.9 Å². The summed E-state index contributed by atoms with van der Waals surface area (Å²) in [7, 11) is 3.16. The molecule has 100 valence electrons. The Kier molecular flexibility index (Phi) is 4.59. The van der Waals surface area contributed by atoms with Crippen molar-refractivity contribution in [3.05, 3.63) is 22.8 Å². The molecule has 0 aromatic heterocycles. The summed E-state index contributed by atoms with van der Waals surface area (Å²) >= 11 is 0. The minimum absolute atomic E-state index is 0.432. The van der Waals surface area contributed by atoms with Crippen LogP contribution < -0.4 is 9.47 Å². The van der Waals surface area contributed by atoms with Crippen LogP contribution in [0.25, 0.3) is 0 Å². The van der Waals surface area contributed by atoms with Gasteiger partial charge in [-0.2, -0.15) is 0 Å². The van der Waals surface area contributed by atoms with Crippen LogP contribution in [0.15, 0.2) is 6.07 Å². The number of carbonyl (C=O) groups is 1. The number of hydrogen-bond donors (Lipinski definition) is 1. The Morgan fingerprint density at radius 1 is 1.22 bits per heavy atom. The number of aliphatic carboxylic acids is 1. The van der Waals surface area contributed by atoms with Gasteiger partial charge < -0.3 is 14.6 Å². The fourth-order valence-electron chi connectivity index (χ4n) is 2.09. The normalized spacial score (nSPS) is 12.1. The Bertz CT molecular complexity index is 452. The highest BCUT2D eigenvalue weighted by Gasteiger charge is 2.20. The lowest BCUT2D eigenvalue weighted by molar-refractivity contribution is -0.141. The van der Waals surface area contributed by atoms with E-state index in [-0.39, 0.29) is 0 Å². The van der Waals surface area contributed by atoms with Gasteiger partial charge in [-0.1, -0.05) is 13.0 Å². The molecule has 0 bridgehead atoms. The molecular weight excluding hydrogens is 232 g/mol. The summed E-state index contributed by atoms with van der Waals surface area (Å²) in [6.07, 6.45) is 0.432. The summed E-state index contributed by atoms with van der Waals surface area (Å²) in [6.45, 7) is 5.59. The van der Waals surface area contributed by atoms with Crippen molar-refractivity contribution in [2.45, 2.75) is 27.2 Å². The number of carboxylic acid groups (broad SMARTS) is 1. The van der Waals surface area contributed by atoms with Gasteiger partial charge in [0.05, 0.1) is 20.1 Å². The molecule has 1 rings (SSSR count). The van der Waals surface area contributed by atoms with E-state index >= 15 is 0 Å². The molecule has 0 amide bonds. The Morgan fingerprint density at radius 2 is 1.78 bits per heavy atom. The van der Waals surface area contributed by atoms with Crippen LogP contribution in [0.1, 0.15) is 23.6 Å². The van der Waals surface area contributed by atoms with E-state index in [1.165, 1.54) is 0 Å². The first-order chi connectivity index (χ1) is 8.42. The molecule has 1 atom stereocenters. The number of aryl methyl sites for hydroxylation is 2. The molecule has 0 radical (unpaired) electrons. The smallest absolute Gasteiger partial charge is 0.306 e. The van der Waals surface area contributed by atoms with Crippen LogP contribution in [0.4, 0.5) is 0 Å². The van der Waals surface area contributed by atoms with E-state index in [9.17, 15) is 4.79 Å². The lowest BCUT2D eigenvalue weighted by Gasteiger charge is -2.18. The molecule has 0 aliphatic heterocycles. The van der Waals surface area contributed by atoms with Gasteiger partial charge in [0.2, 0.25) is 0 Å². The SMILES string of the molecule is COc1c(C)cc(C)c(CC(C)C(=O)O)c1OC. The van der Waals surface area contributed by atoms with Gasteiger partial charge in [-0.3, -0.25) is 4.79 Å². The zero-order chi connectivity index (χ0) is 13.9. The van der Waals surface area contributed by atoms with Crippen molar-refractivity contribution in [3.63, 3.8) is 0 Å². The van der Waals surface area contributed by atoms with Crippen LogP contribution in [0.5, 0.6) is 11.5 Å². The monoisotopic (exact) mass is 252 g/mol. The van der Waals surface area contributed by atoms with Crippen molar-refractivity contribution in [3.8, 4) is 11.5 Å². The summed E-state index contributed by atoms with van der Waals surface area (Å²) in [5.74, 6) is 0.0554. The second-order valence-electron chi connectivity index (χ2n) is 4.50. The van der Waals surface area contributed by atoms with Crippen LogP contribution in [-0.4, -0.2) is 25.3 Å². The van der Waals surface area contributed by atoms with Crippen molar-refractivity contribution in [1.82, 2.24) is 0 Å². The Morgan fingerprint density at radius 3 is 2.22 bits per heavy atom. The van der Waals surface area contributed by atoms with Crippen molar-refractivity contribution in [2.24, 2.45) is 5.92 Å². The molecule has 1 unspecified atom stereocenters. The average molecular weight is 252 g/mol. The molecule has 4 heteroatoms. The van der Waals surface area contributed by atoms with E-state index in [2.05, 4.69) is 0 Å². The highest BCUT2D eigenvalue weighted by molar-refractivity contribution is 5.70. The zero-order valence-electron chi connectivity index (χ0n) is 11.5. The van der Waals surface area contributed by atoms with Gasteiger partial charge in [-0.15, -0.1) is 0 Å². The fraction of sp³-hybridized carbons (Fsp3) is 0.500. The summed E-state index contributed by atoms with van der Waals surface area (Å²) < 4.78 is 10.7. The standard InChI is InChI=1S/C14H20O4/c1-8-6-9(2)12(17-4)13(18-5)11(8)7-10(3)14(15)16/h6,10H,7H2,1-5H3,(H,15,16). The van der Waals surface area contributed by atoms with Gasteiger partial charge in [-0.25, -0.2) is 0 Å². The molecule has 0 heterocycles. The van der Waals surface area contributed by atoms with Crippen LogP contribution >= 0.6 is 0 Å². The zero-order valence-corrected chi connectivity index (χ0v) is 11.5. The molecule has 0 fully saturated rings. The highest BCUT2D eigenvalue weighted by Crippen LogP contribution is 2.37. The molecule has 0 spiro atoms. The lowest BCUT2D eigenvalue weighted by Crippen LogP contribution is -2.14. The maximum absolute atomic E-state index is 11.0. The van der Waals surface area contributed by atoms with E-state index in [0.717, 1.165) is 16.7 Å². The molecule has 0 aliphatic carbocycles. The molecule has 18 heavy (non-hydrogen) atoms.